The minimum atomic E-state index is -0.452. The van der Waals surface area contributed by atoms with E-state index in [4.69, 9.17) is 0 Å². The summed E-state index contributed by atoms with van der Waals surface area (Å²) in [6.07, 6.45) is 0.891. The molecule has 2 amide bonds. The van der Waals surface area contributed by atoms with Gasteiger partial charge in [0.1, 0.15) is 5.75 Å². The second-order valence-corrected chi connectivity index (χ2v) is 5.57. The minimum absolute atomic E-state index is 0.00215. The molecule has 0 heterocycles. The van der Waals surface area contributed by atoms with Crippen LogP contribution in [0, 0.1) is 0 Å². The fraction of sp³-hybridized carbons (Fsp3) is 0.211. The summed E-state index contributed by atoms with van der Waals surface area (Å²) in [4.78, 5) is 24.0. The van der Waals surface area contributed by atoms with Crippen LogP contribution in [0.3, 0.4) is 0 Å². The highest BCUT2D eigenvalue weighted by molar-refractivity contribution is 6.06. The number of benzene rings is 2. The quantitative estimate of drug-likeness (QED) is 0.558. The Morgan fingerprint density at radius 1 is 1.12 bits per heavy atom. The molecule has 2 aromatic rings. The first-order valence-corrected chi connectivity index (χ1v) is 8.00. The lowest BCUT2D eigenvalue weighted by Gasteiger charge is -2.09. The zero-order valence-electron chi connectivity index (χ0n) is 14.2. The van der Waals surface area contributed by atoms with E-state index in [9.17, 15) is 14.7 Å². The Labute approximate surface area is 146 Å². The molecule has 0 spiro atoms. The number of aromatic hydroxyl groups is 1. The lowest BCUT2D eigenvalue weighted by atomic mass is 10.1. The zero-order valence-corrected chi connectivity index (χ0v) is 14.2. The number of aryl methyl sites for hydroxylation is 1. The number of carbonyl (C=O) groups is 2. The van der Waals surface area contributed by atoms with Gasteiger partial charge in [0.05, 0.1) is 6.42 Å². The number of nitrogens with one attached hydrogen (secondary N) is 2. The van der Waals surface area contributed by atoms with Gasteiger partial charge in [-0.2, -0.15) is 5.10 Å². The lowest BCUT2D eigenvalue weighted by molar-refractivity contribution is -0.115. The normalized spacial score (nSPS) is 11.0. The molecule has 0 saturated carbocycles. The molecule has 6 nitrogen and oxygen atoms in total. The van der Waals surface area contributed by atoms with Gasteiger partial charge in [0.15, 0.2) is 0 Å². The highest BCUT2D eigenvalue weighted by Gasteiger charge is 2.09. The standard InChI is InChI=1S/C19H21N3O3/c1-3-14-7-4-5-10-17(14)20-18(24)11-13(2)21-22-19(25)15-8-6-9-16(23)12-15/h4-10,12,23H,3,11H2,1-2H3,(H,20,24)(H,22,25). The number of para-hydroxylation sites is 1. The third-order valence-electron chi connectivity index (χ3n) is 3.55. The average molecular weight is 339 g/mol. The molecule has 2 rings (SSSR count). The number of carbonyl (C=O) groups excluding carboxylic acids is 2. The molecule has 0 aliphatic heterocycles. The monoisotopic (exact) mass is 339 g/mol. The van der Waals surface area contributed by atoms with E-state index in [-0.39, 0.29) is 23.6 Å². The Kier molecular flexibility index (Phi) is 6.28. The van der Waals surface area contributed by atoms with Crippen LogP contribution in [0.25, 0.3) is 0 Å². The number of hydrogen-bond acceptors (Lipinski definition) is 4. The van der Waals surface area contributed by atoms with Crippen molar-refractivity contribution in [1.82, 2.24) is 5.43 Å². The molecular formula is C19H21N3O3. The van der Waals surface area contributed by atoms with Gasteiger partial charge in [-0.25, -0.2) is 5.43 Å². The van der Waals surface area contributed by atoms with Crippen LogP contribution in [0.5, 0.6) is 5.75 Å². The first-order chi connectivity index (χ1) is 12.0. The number of hydrazone groups is 1. The Bertz CT molecular complexity index is 800. The maximum absolute atomic E-state index is 12.1. The maximum Gasteiger partial charge on any atom is 0.271 e. The number of phenols is 1. The van der Waals surface area contributed by atoms with E-state index in [1.807, 2.05) is 31.2 Å². The summed E-state index contributed by atoms with van der Waals surface area (Å²) in [5, 5.41) is 16.2. The number of phenolic OH excluding ortho intramolecular Hbond substituents is 1. The molecule has 25 heavy (non-hydrogen) atoms. The number of rotatable bonds is 6. The van der Waals surface area contributed by atoms with Crippen LogP contribution in [0.4, 0.5) is 5.69 Å². The summed E-state index contributed by atoms with van der Waals surface area (Å²) in [7, 11) is 0. The van der Waals surface area contributed by atoms with Crippen LogP contribution in [0.15, 0.2) is 53.6 Å². The van der Waals surface area contributed by atoms with Crippen LogP contribution >= 0.6 is 0 Å². The van der Waals surface area contributed by atoms with Gasteiger partial charge in [-0.3, -0.25) is 9.59 Å². The van der Waals surface area contributed by atoms with Crippen LogP contribution in [-0.4, -0.2) is 22.6 Å². The second kappa shape index (κ2) is 8.63. The van der Waals surface area contributed by atoms with Crippen molar-refractivity contribution in [3.05, 3.63) is 59.7 Å². The fourth-order valence-corrected chi connectivity index (χ4v) is 2.27. The van der Waals surface area contributed by atoms with Crippen molar-refractivity contribution in [3.8, 4) is 5.75 Å². The number of hydrogen-bond donors (Lipinski definition) is 3. The zero-order chi connectivity index (χ0) is 18.2. The number of anilines is 1. The first kappa shape index (κ1) is 18.2. The molecule has 0 radical (unpaired) electrons. The summed E-state index contributed by atoms with van der Waals surface area (Å²) < 4.78 is 0. The summed E-state index contributed by atoms with van der Waals surface area (Å²) in [6, 6.07) is 13.6. The maximum atomic E-state index is 12.1. The third kappa shape index (κ3) is 5.46. The summed E-state index contributed by atoms with van der Waals surface area (Å²) in [5.41, 5.74) is 4.98. The van der Waals surface area contributed by atoms with Gasteiger partial charge in [0.25, 0.3) is 5.91 Å². The molecule has 0 saturated heterocycles. The molecule has 0 aliphatic carbocycles. The SMILES string of the molecule is CCc1ccccc1NC(=O)CC(C)=NNC(=O)c1cccc(O)c1. The van der Waals surface area contributed by atoms with E-state index in [2.05, 4.69) is 15.8 Å². The largest absolute Gasteiger partial charge is 0.508 e. The molecule has 6 heteroatoms. The van der Waals surface area contributed by atoms with Crippen molar-refractivity contribution in [2.45, 2.75) is 26.7 Å². The van der Waals surface area contributed by atoms with Gasteiger partial charge in [-0.1, -0.05) is 31.2 Å². The molecule has 130 valence electrons. The molecule has 2 aromatic carbocycles. The lowest BCUT2D eigenvalue weighted by Crippen LogP contribution is -2.21. The van der Waals surface area contributed by atoms with Crippen LogP contribution in [0.1, 0.15) is 36.2 Å². The van der Waals surface area contributed by atoms with Crippen molar-refractivity contribution in [1.29, 1.82) is 0 Å². The molecule has 3 N–H and O–H groups in total. The van der Waals surface area contributed by atoms with E-state index in [0.717, 1.165) is 17.7 Å². The van der Waals surface area contributed by atoms with Crippen molar-refractivity contribution in [3.63, 3.8) is 0 Å². The Hall–Kier alpha value is -3.15. The van der Waals surface area contributed by atoms with Gasteiger partial charge in [-0.05, 0) is 43.2 Å². The molecule has 0 atom stereocenters. The Morgan fingerprint density at radius 3 is 2.60 bits per heavy atom. The van der Waals surface area contributed by atoms with Gasteiger partial charge >= 0.3 is 0 Å². The predicted molar refractivity (Wildman–Crippen MR) is 97.7 cm³/mol. The molecule has 0 bridgehead atoms. The minimum Gasteiger partial charge on any atom is -0.508 e. The molecular weight excluding hydrogens is 318 g/mol. The summed E-state index contributed by atoms with van der Waals surface area (Å²) in [6.45, 7) is 3.68. The van der Waals surface area contributed by atoms with Gasteiger partial charge in [0, 0.05) is 17.0 Å². The van der Waals surface area contributed by atoms with Gasteiger partial charge in [0.2, 0.25) is 5.91 Å². The van der Waals surface area contributed by atoms with Crippen molar-refractivity contribution in [2.75, 3.05) is 5.32 Å². The summed E-state index contributed by atoms with van der Waals surface area (Å²) in [5.74, 6) is -0.650. The van der Waals surface area contributed by atoms with Crippen molar-refractivity contribution >= 4 is 23.2 Å². The highest BCUT2D eigenvalue weighted by Crippen LogP contribution is 2.15. The van der Waals surface area contributed by atoms with E-state index in [1.54, 1.807) is 19.1 Å². The van der Waals surface area contributed by atoms with Crippen molar-refractivity contribution < 1.29 is 14.7 Å². The van der Waals surface area contributed by atoms with E-state index in [0.29, 0.717) is 5.71 Å². The predicted octanol–water partition coefficient (Wildman–Crippen LogP) is 3.09. The number of nitrogens with zero attached hydrogens (tertiary/aromatic N) is 1. The number of amides is 2. The van der Waals surface area contributed by atoms with E-state index < -0.39 is 5.91 Å². The van der Waals surface area contributed by atoms with Gasteiger partial charge < -0.3 is 10.4 Å². The van der Waals surface area contributed by atoms with Crippen LogP contribution in [-0.2, 0) is 11.2 Å². The van der Waals surface area contributed by atoms with Crippen molar-refractivity contribution in [2.24, 2.45) is 5.10 Å². The molecule has 0 fully saturated rings. The summed E-state index contributed by atoms with van der Waals surface area (Å²) >= 11 is 0. The third-order valence-corrected chi connectivity index (χ3v) is 3.55. The second-order valence-electron chi connectivity index (χ2n) is 5.57. The van der Waals surface area contributed by atoms with Gasteiger partial charge in [-0.15, -0.1) is 0 Å². The Morgan fingerprint density at radius 2 is 1.88 bits per heavy atom. The topological polar surface area (TPSA) is 90.8 Å². The molecule has 0 aliphatic rings. The fourth-order valence-electron chi connectivity index (χ4n) is 2.27. The van der Waals surface area contributed by atoms with E-state index >= 15 is 0 Å². The first-order valence-electron chi connectivity index (χ1n) is 8.00. The van der Waals surface area contributed by atoms with Crippen LogP contribution in [0.2, 0.25) is 0 Å². The highest BCUT2D eigenvalue weighted by atomic mass is 16.3. The van der Waals surface area contributed by atoms with Crippen LogP contribution < -0.4 is 10.7 Å². The molecule has 0 unspecified atom stereocenters. The average Bonchev–Trinajstić information content (AvgIpc) is 2.60. The Balaban J connectivity index is 1.92. The van der Waals surface area contributed by atoms with E-state index in [1.165, 1.54) is 12.1 Å². The molecule has 0 aromatic heterocycles. The smallest absolute Gasteiger partial charge is 0.271 e.